The minimum atomic E-state index is 0.758. The van der Waals surface area contributed by atoms with Gasteiger partial charge in [-0.15, -0.1) is 0 Å². The molecule has 2 rings (SSSR count). The molecule has 0 amide bonds. The molecular weight excluding hydrogens is 232 g/mol. The van der Waals surface area contributed by atoms with E-state index in [2.05, 4.69) is 26.1 Å². The van der Waals surface area contributed by atoms with Gasteiger partial charge in [-0.2, -0.15) is 0 Å². The summed E-state index contributed by atoms with van der Waals surface area (Å²) in [5, 5.41) is 5.05. The largest absolute Gasteiger partial charge is 0.387 e. The van der Waals surface area contributed by atoms with Crippen molar-refractivity contribution in [3.05, 3.63) is 34.0 Å². The van der Waals surface area contributed by atoms with E-state index in [9.17, 15) is 0 Å². The number of rotatable bonds is 2. The minimum absolute atomic E-state index is 0.758. The van der Waals surface area contributed by atoms with E-state index in [0.717, 1.165) is 39.3 Å². The maximum absolute atomic E-state index is 6.30. The summed E-state index contributed by atoms with van der Waals surface area (Å²) in [6, 6.07) is 3.96. The Hall–Kier alpha value is -1.28. The fraction of sp³-hybridized carbons (Fsp3) is 0.357. The predicted octanol–water partition coefficient (Wildman–Crippen LogP) is 4.11. The SMILES string of the molecule is CCc1nc2c(C)ccc(Cl)c2c(NC)c1C. The van der Waals surface area contributed by atoms with E-state index in [1.165, 1.54) is 5.56 Å². The minimum Gasteiger partial charge on any atom is -0.387 e. The molecule has 2 nitrogen and oxygen atoms in total. The summed E-state index contributed by atoms with van der Waals surface area (Å²) in [6.07, 6.45) is 0.933. The number of fused-ring (bicyclic) bond motifs is 1. The summed E-state index contributed by atoms with van der Waals surface area (Å²) in [5.74, 6) is 0. The number of anilines is 1. The van der Waals surface area contributed by atoms with Gasteiger partial charge in [0.1, 0.15) is 0 Å². The number of nitrogens with one attached hydrogen (secondary N) is 1. The van der Waals surface area contributed by atoms with Crippen LogP contribution in [0.1, 0.15) is 23.7 Å². The van der Waals surface area contributed by atoms with E-state index < -0.39 is 0 Å². The monoisotopic (exact) mass is 248 g/mol. The van der Waals surface area contributed by atoms with Gasteiger partial charge in [-0.3, -0.25) is 4.98 Å². The molecule has 3 heteroatoms. The van der Waals surface area contributed by atoms with Crippen molar-refractivity contribution in [2.45, 2.75) is 27.2 Å². The fourth-order valence-corrected chi connectivity index (χ4v) is 2.51. The summed E-state index contributed by atoms with van der Waals surface area (Å²) in [4.78, 5) is 4.74. The highest BCUT2D eigenvalue weighted by molar-refractivity contribution is 6.36. The van der Waals surface area contributed by atoms with Crippen LogP contribution in [0.15, 0.2) is 12.1 Å². The number of hydrogen-bond acceptors (Lipinski definition) is 2. The van der Waals surface area contributed by atoms with Crippen molar-refractivity contribution >= 4 is 28.2 Å². The lowest BCUT2D eigenvalue weighted by Gasteiger charge is -2.15. The molecule has 1 heterocycles. The predicted molar refractivity (Wildman–Crippen MR) is 75.2 cm³/mol. The number of halogens is 1. The highest BCUT2D eigenvalue weighted by Gasteiger charge is 2.13. The number of pyridine rings is 1. The van der Waals surface area contributed by atoms with Crippen molar-refractivity contribution in [1.82, 2.24) is 4.98 Å². The zero-order valence-corrected chi connectivity index (χ0v) is 11.4. The number of aryl methyl sites for hydroxylation is 2. The van der Waals surface area contributed by atoms with Gasteiger partial charge in [0.05, 0.1) is 10.5 Å². The summed E-state index contributed by atoms with van der Waals surface area (Å²) >= 11 is 6.30. The van der Waals surface area contributed by atoms with Crippen molar-refractivity contribution in [3.8, 4) is 0 Å². The average molecular weight is 249 g/mol. The Kier molecular flexibility index (Phi) is 3.25. The Labute approximate surface area is 107 Å². The first kappa shape index (κ1) is 12.2. The Morgan fingerprint density at radius 2 is 2.00 bits per heavy atom. The van der Waals surface area contributed by atoms with Crippen LogP contribution in [-0.2, 0) is 6.42 Å². The normalized spacial score (nSPS) is 10.9. The lowest BCUT2D eigenvalue weighted by Crippen LogP contribution is -2.02. The molecule has 17 heavy (non-hydrogen) atoms. The molecule has 0 aliphatic carbocycles. The van der Waals surface area contributed by atoms with E-state index in [1.54, 1.807) is 0 Å². The maximum Gasteiger partial charge on any atom is 0.0770 e. The van der Waals surface area contributed by atoms with E-state index in [-0.39, 0.29) is 0 Å². The second-order valence-electron chi connectivity index (χ2n) is 4.25. The first-order valence-electron chi connectivity index (χ1n) is 5.86. The molecule has 0 aliphatic rings. The third-order valence-electron chi connectivity index (χ3n) is 3.22. The average Bonchev–Trinajstić information content (AvgIpc) is 2.33. The lowest BCUT2D eigenvalue weighted by molar-refractivity contribution is 1.03. The van der Waals surface area contributed by atoms with Gasteiger partial charge in [0.25, 0.3) is 0 Å². The van der Waals surface area contributed by atoms with Crippen LogP contribution in [0, 0.1) is 13.8 Å². The molecule has 0 bridgehead atoms. The Balaban J connectivity index is 2.97. The highest BCUT2D eigenvalue weighted by Crippen LogP contribution is 2.34. The molecule has 2 aromatic rings. The van der Waals surface area contributed by atoms with E-state index in [4.69, 9.17) is 16.6 Å². The van der Waals surface area contributed by atoms with Crippen LogP contribution in [0.4, 0.5) is 5.69 Å². The molecule has 0 fully saturated rings. The van der Waals surface area contributed by atoms with Crippen LogP contribution in [0.5, 0.6) is 0 Å². The van der Waals surface area contributed by atoms with E-state index >= 15 is 0 Å². The topological polar surface area (TPSA) is 24.9 Å². The van der Waals surface area contributed by atoms with Crippen molar-refractivity contribution in [2.75, 3.05) is 12.4 Å². The summed E-state index contributed by atoms with van der Waals surface area (Å²) in [6.45, 7) is 6.29. The molecule has 90 valence electrons. The van der Waals surface area contributed by atoms with Crippen molar-refractivity contribution in [2.24, 2.45) is 0 Å². The molecule has 1 N–H and O–H groups in total. The third-order valence-corrected chi connectivity index (χ3v) is 3.53. The molecule has 0 saturated heterocycles. The second-order valence-corrected chi connectivity index (χ2v) is 4.66. The molecular formula is C14H17ClN2. The Morgan fingerprint density at radius 3 is 2.59 bits per heavy atom. The molecule has 0 unspecified atom stereocenters. The number of nitrogens with zero attached hydrogens (tertiary/aromatic N) is 1. The molecule has 0 radical (unpaired) electrons. The van der Waals surface area contributed by atoms with Crippen molar-refractivity contribution in [3.63, 3.8) is 0 Å². The van der Waals surface area contributed by atoms with Crippen molar-refractivity contribution in [1.29, 1.82) is 0 Å². The van der Waals surface area contributed by atoms with Gasteiger partial charge >= 0.3 is 0 Å². The van der Waals surface area contributed by atoms with E-state index in [0.29, 0.717) is 0 Å². The molecule has 1 aromatic heterocycles. The molecule has 1 aromatic carbocycles. The van der Waals surface area contributed by atoms with Crippen LogP contribution in [0.2, 0.25) is 5.02 Å². The zero-order chi connectivity index (χ0) is 12.6. The van der Waals surface area contributed by atoms with Gasteiger partial charge in [-0.1, -0.05) is 24.6 Å². The molecule has 0 aliphatic heterocycles. The van der Waals surface area contributed by atoms with Crippen molar-refractivity contribution < 1.29 is 0 Å². The quantitative estimate of drug-likeness (QED) is 0.865. The van der Waals surface area contributed by atoms with Gasteiger partial charge in [0.2, 0.25) is 0 Å². The van der Waals surface area contributed by atoms with Crippen LogP contribution < -0.4 is 5.32 Å². The van der Waals surface area contributed by atoms with Gasteiger partial charge in [-0.05, 0) is 37.5 Å². The fourth-order valence-electron chi connectivity index (χ4n) is 2.26. The number of hydrogen-bond donors (Lipinski definition) is 1. The van der Waals surface area contributed by atoms with Crippen LogP contribution >= 0.6 is 11.6 Å². The molecule has 0 atom stereocenters. The lowest BCUT2D eigenvalue weighted by atomic mass is 10.0. The maximum atomic E-state index is 6.30. The van der Waals surface area contributed by atoms with Gasteiger partial charge < -0.3 is 5.32 Å². The first-order chi connectivity index (χ1) is 8.10. The molecule has 0 saturated carbocycles. The Morgan fingerprint density at radius 1 is 1.29 bits per heavy atom. The smallest absolute Gasteiger partial charge is 0.0770 e. The zero-order valence-electron chi connectivity index (χ0n) is 10.7. The van der Waals surface area contributed by atoms with Crippen LogP contribution in [0.3, 0.4) is 0 Å². The van der Waals surface area contributed by atoms with Crippen LogP contribution in [0.25, 0.3) is 10.9 Å². The summed E-state index contributed by atoms with van der Waals surface area (Å²) in [5.41, 5.74) is 5.59. The first-order valence-corrected chi connectivity index (χ1v) is 6.24. The van der Waals surface area contributed by atoms with E-state index in [1.807, 2.05) is 19.2 Å². The third kappa shape index (κ3) is 1.87. The summed E-state index contributed by atoms with van der Waals surface area (Å²) < 4.78 is 0. The van der Waals surface area contributed by atoms with Gasteiger partial charge in [-0.25, -0.2) is 0 Å². The van der Waals surface area contributed by atoms with Gasteiger partial charge in [0, 0.05) is 23.8 Å². The number of benzene rings is 1. The summed E-state index contributed by atoms with van der Waals surface area (Å²) in [7, 11) is 1.93. The Bertz CT molecular complexity index is 576. The number of aromatic nitrogens is 1. The second kappa shape index (κ2) is 4.53. The molecule has 0 spiro atoms. The highest BCUT2D eigenvalue weighted by atomic mass is 35.5. The van der Waals surface area contributed by atoms with Crippen LogP contribution in [-0.4, -0.2) is 12.0 Å². The van der Waals surface area contributed by atoms with Gasteiger partial charge in [0.15, 0.2) is 0 Å². The standard InChI is InChI=1S/C14H17ClN2/c1-5-11-9(3)14(16-4)12-10(15)7-6-8(2)13(12)17-11/h6-7H,5H2,1-4H3,(H,16,17).